The number of hydrogen-bond acceptors (Lipinski definition) is 8. The van der Waals surface area contributed by atoms with E-state index in [2.05, 4.69) is 35.2 Å². The van der Waals surface area contributed by atoms with Gasteiger partial charge < -0.3 is 10.6 Å². The quantitative estimate of drug-likeness (QED) is 0.446. The van der Waals surface area contributed by atoms with E-state index >= 15 is 0 Å². The lowest BCUT2D eigenvalue weighted by molar-refractivity contribution is 0.0953. The van der Waals surface area contributed by atoms with Crippen molar-refractivity contribution in [3.63, 3.8) is 0 Å². The maximum Gasteiger partial charge on any atom is 0.265 e. The Bertz CT molecular complexity index is 974. The van der Waals surface area contributed by atoms with Crippen LogP contribution in [0.3, 0.4) is 0 Å². The molecular weight excluding hydrogens is 385 g/mol. The van der Waals surface area contributed by atoms with Crippen LogP contribution in [0.1, 0.15) is 26.8 Å². The molecule has 2 aromatic heterocycles. The fourth-order valence-electron chi connectivity index (χ4n) is 1.97. The summed E-state index contributed by atoms with van der Waals surface area (Å²) in [4.78, 5) is 12.5. The van der Waals surface area contributed by atoms with Gasteiger partial charge in [-0.2, -0.15) is 0 Å². The second-order valence-electron chi connectivity index (χ2n) is 5.06. The Labute approximate surface area is 155 Å². The molecule has 3 rings (SSSR count). The first-order valence-electron chi connectivity index (χ1n) is 7.15. The first-order chi connectivity index (χ1) is 12.5. The van der Waals surface area contributed by atoms with Gasteiger partial charge in [0.25, 0.3) is 5.91 Å². The zero-order chi connectivity index (χ0) is 18.7. The number of benzene rings is 1. The summed E-state index contributed by atoms with van der Waals surface area (Å²) < 4.78 is 21.5. The Morgan fingerprint density at radius 2 is 2.23 bits per heavy atom. The standard InChI is InChI=1S/C14H11ClFN7O2S/c1-6-12(26-23-20-6)14(24)18-5-10-11(22-25-21-10)13(17)19-7-2-3-9(16)8(15)4-7/h2-4H,5H2,1H3,(H2,17,19)(H,18,24). The van der Waals surface area contributed by atoms with Gasteiger partial charge in [0.2, 0.25) is 0 Å². The van der Waals surface area contributed by atoms with Crippen molar-refractivity contribution in [1.82, 2.24) is 25.2 Å². The third-order valence-corrected chi connectivity index (χ3v) is 4.37. The highest BCUT2D eigenvalue weighted by atomic mass is 35.5. The minimum absolute atomic E-state index is 0.0107. The van der Waals surface area contributed by atoms with Gasteiger partial charge in [0.1, 0.15) is 16.4 Å². The molecule has 0 saturated carbocycles. The van der Waals surface area contributed by atoms with Crippen LogP contribution in [0.4, 0.5) is 10.1 Å². The van der Waals surface area contributed by atoms with E-state index in [0.717, 1.165) is 11.5 Å². The summed E-state index contributed by atoms with van der Waals surface area (Å²) in [5.74, 6) is -1.08. The predicted octanol–water partition coefficient (Wildman–Crippen LogP) is 2.39. The van der Waals surface area contributed by atoms with Crippen LogP contribution in [-0.4, -0.2) is 31.6 Å². The van der Waals surface area contributed by atoms with Crippen LogP contribution in [-0.2, 0) is 6.54 Å². The molecule has 2 heterocycles. The topological polar surface area (TPSA) is 130 Å². The molecule has 3 N–H and O–H groups in total. The number of amidine groups is 1. The second kappa shape index (κ2) is 7.54. The van der Waals surface area contributed by atoms with Gasteiger partial charge in [-0.3, -0.25) is 10.2 Å². The van der Waals surface area contributed by atoms with Crippen LogP contribution in [0.5, 0.6) is 0 Å². The molecule has 0 radical (unpaired) electrons. The molecule has 0 bridgehead atoms. The number of rotatable bonds is 5. The minimum atomic E-state index is -0.567. The molecule has 0 aliphatic rings. The van der Waals surface area contributed by atoms with E-state index in [1.807, 2.05) is 0 Å². The Hall–Kier alpha value is -2.92. The fourth-order valence-corrected chi connectivity index (χ4v) is 2.73. The maximum atomic E-state index is 13.2. The fraction of sp³-hybridized carbons (Fsp3) is 0.143. The monoisotopic (exact) mass is 395 g/mol. The van der Waals surface area contributed by atoms with E-state index in [0.29, 0.717) is 16.3 Å². The number of carbonyl (C=O) groups excluding carboxylic acids is 1. The van der Waals surface area contributed by atoms with Gasteiger partial charge in [0.05, 0.1) is 17.3 Å². The van der Waals surface area contributed by atoms with Crippen LogP contribution in [0.2, 0.25) is 5.02 Å². The molecule has 0 aliphatic carbocycles. The van der Waals surface area contributed by atoms with Gasteiger partial charge in [-0.05, 0) is 41.8 Å². The normalized spacial score (nSPS) is 10.6. The molecule has 12 heteroatoms. The summed E-state index contributed by atoms with van der Waals surface area (Å²) in [5, 5.41) is 24.5. The predicted molar refractivity (Wildman–Crippen MR) is 92.0 cm³/mol. The Kier molecular flexibility index (Phi) is 5.19. The Balaban J connectivity index is 1.67. The average Bonchev–Trinajstić information content (AvgIpc) is 3.24. The molecule has 1 amide bonds. The van der Waals surface area contributed by atoms with Gasteiger partial charge in [-0.25, -0.2) is 9.02 Å². The second-order valence-corrected chi connectivity index (χ2v) is 6.22. The first kappa shape index (κ1) is 17.9. The van der Waals surface area contributed by atoms with Crippen LogP contribution in [0.15, 0.2) is 22.8 Å². The molecule has 0 atom stereocenters. The molecule has 3 aromatic rings. The van der Waals surface area contributed by atoms with E-state index in [4.69, 9.17) is 17.0 Å². The van der Waals surface area contributed by atoms with Gasteiger partial charge in [-0.1, -0.05) is 21.2 Å². The summed E-state index contributed by atoms with van der Waals surface area (Å²) in [7, 11) is 0. The molecule has 0 fully saturated rings. The summed E-state index contributed by atoms with van der Waals surface area (Å²) in [6.45, 7) is 1.66. The van der Waals surface area contributed by atoms with E-state index in [9.17, 15) is 9.18 Å². The van der Waals surface area contributed by atoms with Crippen molar-refractivity contribution in [1.29, 1.82) is 5.41 Å². The molecule has 9 nitrogen and oxygen atoms in total. The zero-order valence-corrected chi connectivity index (χ0v) is 14.8. The van der Waals surface area contributed by atoms with E-state index in [-0.39, 0.29) is 34.7 Å². The number of aromatic nitrogens is 4. The molecule has 1 aromatic carbocycles. The van der Waals surface area contributed by atoms with Gasteiger partial charge in [-0.15, -0.1) is 5.10 Å². The molecule has 0 unspecified atom stereocenters. The number of aryl methyl sites for hydroxylation is 1. The summed E-state index contributed by atoms with van der Waals surface area (Å²) in [6, 6.07) is 3.93. The molecule has 0 aliphatic heterocycles. The van der Waals surface area contributed by atoms with Crippen molar-refractivity contribution in [3.8, 4) is 0 Å². The number of amides is 1. The molecule has 26 heavy (non-hydrogen) atoms. The van der Waals surface area contributed by atoms with Crippen molar-refractivity contribution in [2.75, 3.05) is 5.32 Å². The van der Waals surface area contributed by atoms with E-state index in [1.165, 1.54) is 18.2 Å². The van der Waals surface area contributed by atoms with Crippen LogP contribution in [0, 0.1) is 18.2 Å². The SMILES string of the molecule is Cc1nnsc1C(=O)NCc1nonc1C(=N)Nc1ccc(F)c(Cl)c1. The van der Waals surface area contributed by atoms with Crippen molar-refractivity contribution in [2.45, 2.75) is 13.5 Å². The highest BCUT2D eigenvalue weighted by Gasteiger charge is 2.18. The maximum absolute atomic E-state index is 13.2. The summed E-state index contributed by atoms with van der Waals surface area (Å²) >= 11 is 6.69. The smallest absolute Gasteiger partial charge is 0.265 e. The first-order valence-corrected chi connectivity index (χ1v) is 8.30. The average molecular weight is 396 g/mol. The lowest BCUT2D eigenvalue weighted by atomic mass is 10.2. The number of halogens is 2. The van der Waals surface area contributed by atoms with Crippen LogP contribution in [0.25, 0.3) is 0 Å². The Morgan fingerprint density at radius 1 is 1.42 bits per heavy atom. The van der Waals surface area contributed by atoms with Gasteiger partial charge >= 0.3 is 0 Å². The number of carbonyl (C=O) groups is 1. The number of nitrogens with zero attached hydrogens (tertiary/aromatic N) is 4. The lowest BCUT2D eigenvalue weighted by Gasteiger charge is -2.07. The summed E-state index contributed by atoms with van der Waals surface area (Å²) in [6.07, 6.45) is 0. The van der Waals surface area contributed by atoms with Crippen molar-refractivity contribution in [2.24, 2.45) is 0 Å². The highest BCUT2D eigenvalue weighted by molar-refractivity contribution is 7.07. The minimum Gasteiger partial charge on any atom is -0.345 e. The number of anilines is 1. The van der Waals surface area contributed by atoms with Crippen molar-refractivity contribution < 1.29 is 13.8 Å². The van der Waals surface area contributed by atoms with Crippen LogP contribution >= 0.6 is 23.1 Å². The highest BCUT2D eigenvalue weighted by Crippen LogP contribution is 2.20. The van der Waals surface area contributed by atoms with E-state index in [1.54, 1.807) is 6.92 Å². The number of nitrogens with one attached hydrogen (secondary N) is 3. The molecule has 134 valence electrons. The molecular formula is C14H11ClFN7O2S. The lowest BCUT2D eigenvalue weighted by Crippen LogP contribution is -2.24. The van der Waals surface area contributed by atoms with Gasteiger partial charge in [0.15, 0.2) is 11.5 Å². The zero-order valence-electron chi connectivity index (χ0n) is 13.2. The van der Waals surface area contributed by atoms with Gasteiger partial charge in [0, 0.05) is 5.69 Å². The third kappa shape index (κ3) is 3.83. The third-order valence-electron chi connectivity index (χ3n) is 3.26. The van der Waals surface area contributed by atoms with Crippen molar-refractivity contribution >= 4 is 40.6 Å². The molecule has 0 spiro atoms. The summed E-state index contributed by atoms with van der Waals surface area (Å²) in [5.41, 5.74) is 1.27. The van der Waals surface area contributed by atoms with Crippen molar-refractivity contribution in [3.05, 3.63) is 51.0 Å². The van der Waals surface area contributed by atoms with Crippen LogP contribution < -0.4 is 10.6 Å². The molecule has 0 saturated heterocycles. The largest absolute Gasteiger partial charge is 0.345 e. The number of hydrogen-bond donors (Lipinski definition) is 3. The Morgan fingerprint density at radius 3 is 2.92 bits per heavy atom. The van der Waals surface area contributed by atoms with E-state index < -0.39 is 5.82 Å².